The molecule has 0 aliphatic carbocycles. The van der Waals surface area contributed by atoms with Crippen LogP contribution in [0.25, 0.3) is 0 Å². The Bertz CT molecular complexity index is 389. The standard InChI is InChI=1S/C11H15BrClN3O/c1-2-17-8-4-3-5-16(6-8)11-9(12)10(13)14-7-15-11/h7-8H,2-6H2,1H3. The summed E-state index contributed by atoms with van der Waals surface area (Å²) in [7, 11) is 0. The molecule has 1 aromatic heterocycles. The van der Waals surface area contributed by atoms with E-state index in [1.54, 1.807) is 0 Å². The molecule has 94 valence electrons. The van der Waals surface area contributed by atoms with Crippen molar-refractivity contribution in [1.82, 2.24) is 9.97 Å². The lowest BCUT2D eigenvalue weighted by Crippen LogP contribution is -2.40. The number of halogens is 2. The van der Waals surface area contributed by atoms with Crippen LogP contribution in [-0.4, -0.2) is 35.8 Å². The summed E-state index contributed by atoms with van der Waals surface area (Å²) in [6.07, 6.45) is 4.00. The number of anilines is 1. The Kier molecular flexibility index (Phi) is 4.59. The van der Waals surface area contributed by atoms with Crippen molar-refractivity contribution in [3.05, 3.63) is 16.0 Å². The molecule has 1 aromatic rings. The molecule has 1 aliphatic heterocycles. The smallest absolute Gasteiger partial charge is 0.148 e. The summed E-state index contributed by atoms with van der Waals surface area (Å²) >= 11 is 9.41. The molecule has 0 saturated carbocycles. The van der Waals surface area contributed by atoms with E-state index in [-0.39, 0.29) is 6.10 Å². The zero-order valence-electron chi connectivity index (χ0n) is 9.70. The summed E-state index contributed by atoms with van der Waals surface area (Å²) in [5.41, 5.74) is 0. The van der Waals surface area contributed by atoms with E-state index in [2.05, 4.69) is 30.8 Å². The molecule has 2 heterocycles. The fourth-order valence-corrected chi connectivity index (χ4v) is 2.65. The second-order valence-corrected chi connectivity index (χ2v) is 5.12. The highest BCUT2D eigenvalue weighted by atomic mass is 79.9. The van der Waals surface area contributed by atoms with Gasteiger partial charge in [-0.25, -0.2) is 9.97 Å². The van der Waals surface area contributed by atoms with Crippen LogP contribution in [0.15, 0.2) is 10.8 Å². The van der Waals surface area contributed by atoms with Crippen LogP contribution in [0.5, 0.6) is 0 Å². The second-order valence-electron chi connectivity index (χ2n) is 3.97. The van der Waals surface area contributed by atoms with Crippen molar-refractivity contribution >= 4 is 33.3 Å². The Morgan fingerprint density at radius 2 is 2.41 bits per heavy atom. The number of piperidine rings is 1. The number of hydrogen-bond donors (Lipinski definition) is 0. The maximum atomic E-state index is 5.97. The zero-order valence-corrected chi connectivity index (χ0v) is 12.0. The number of hydrogen-bond acceptors (Lipinski definition) is 4. The van der Waals surface area contributed by atoms with Crippen LogP contribution in [-0.2, 0) is 4.74 Å². The van der Waals surface area contributed by atoms with Gasteiger partial charge >= 0.3 is 0 Å². The lowest BCUT2D eigenvalue weighted by molar-refractivity contribution is 0.0525. The third-order valence-corrected chi connectivity index (χ3v) is 4.05. The average molecular weight is 321 g/mol. The van der Waals surface area contributed by atoms with Crippen molar-refractivity contribution in [3.63, 3.8) is 0 Å². The molecule has 0 aromatic carbocycles. The molecule has 1 fully saturated rings. The molecular formula is C11H15BrClN3O. The van der Waals surface area contributed by atoms with Crippen molar-refractivity contribution in [2.75, 3.05) is 24.6 Å². The largest absolute Gasteiger partial charge is 0.377 e. The van der Waals surface area contributed by atoms with Gasteiger partial charge in [-0.3, -0.25) is 0 Å². The first kappa shape index (κ1) is 13.1. The third-order valence-electron chi connectivity index (χ3n) is 2.81. The van der Waals surface area contributed by atoms with Gasteiger partial charge in [-0.1, -0.05) is 11.6 Å². The summed E-state index contributed by atoms with van der Waals surface area (Å²) in [6, 6.07) is 0. The number of aromatic nitrogens is 2. The molecule has 4 nitrogen and oxygen atoms in total. The molecule has 2 rings (SSSR count). The molecule has 6 heteroatoms. The molecule has 0 N–H and O–H groups in total. The van der Waals surface area contributed by atoms with Gasteiger partial charge in [0.25, 0.3) is 0 Å². The average Bonchev–Trinajstić information content (AvgIpc) is 2.33. The summed E-state index contributed by atoms with van der Waals surface area (Å²) < 4.78 is 6.43. The highest BCUT2D eigenvalue weighted by Gasteiger charge is 2.23. The number of ether oxygens (including phenoxy) is 1. The van der Waals surface area contributed by atoms with Crippen LogP contribution in [0.2, 0.25) is 5.15 Å². The SMILES string of the molecule is CCOC1CCCN(c2ncnc(Cl)c2Br)C1. The van der Waals surface area contributed by atoms with Crippen molar-refractivity contribution in [3.8, 4) is 0 Å². The van der Waals surface area contributed by atoms with Crippen molar-refractivity contribution in [1.29, 1.82) is 0 Å². The Labute approximate surface area is 114 Å². The summed E-state index contributed by atoms with van der Waals surface area (Å²) in [5, 5.41) is 0.452. The van der Waals surface area contributed by atoms with Gasteiger partial charge in [0, 0.05) is 19.7 Å². The van der Waals surface area contributed by atoms with Crippen LogP contribution in [0.4, 0.5) is 5.82 Å². The highest BCUT2D eigenvalue weighted by Crippen LogP contribution is 2.31. The van der Waals surface area contributed by atoms with E-state index >= 15 is 0 Å². The predicted molar refractivity (Wildman–Crippen MR) is 71.6 cm³/mol. The van der Waals surface area contributed by atoms with Gasteiger partial charge < -0.3 is 9.64 Å². The molecule has 0 bridgehead atoms. The first-order chi connectivity index (χ1) is 8.22. The number of nitrogens with zero attached hydrogens (tertiary/aromatic N) is 3. The Hall–Kier alpha value is -0.390. The molecule has 1 unspecified atom stereocenters. The molecule has 0 spiro atoms. The van der Waals surface area contributed by atoms with Crippen molar-refractivity contribution < 1.29 is 4.74 Å². The van der Waals surface area contributed by atoms with E-state index in [0.29, 0.717) is 5.15 Å². The van der Waals surface area contributed by atoms with E-state index in [1.807, 2.05) is 6.92 Å². The first-order valence-corrected chi connectivity index (χ1v) is 6.92. The van der Waals surface area contributed by atoms with Gasteiger partial charge in [-0.05, 0) is 35.7 Å². The van der Waals surface area contributed by atoms with Gasteiger partial charge in [0.2, 0.25) is 0 Å². The van der Waals surface area contributed by atoms with Gasteiger partial charge in [-0.15, -0.1) is 0 Å². The lowest BCUT2D eigenvalue weighted by Gasteiger charge is -2.33. The maximum absolute atomic E-state index is 5.97. The quantitative estimate of drug-likeness (QED) is 0.803. The maximum Gasteiger partial charge on any atom is 0.148 e. The van der Waals surface area contributed by atoms with Crippen LogP contribution in [0, 0.1) is 0 Å². The number of rotatable bonds is 3. The van der Waals surface area contributed by atoms with Gasteiger partial charge in [0.05, 0.1) is 10.6 Å². The van der Waals surface area contributed by atoms with Crippen LogP contribution in [0.1, 0.15) is 19.8 Å². The van der Waals surface area contributed by atoms with E-state index in [4.69, 9.17) is 16.3 Å². The minimum Gasteiger partial charge on any atom is -0.377 e. The second kappa shape index (κ2) is 5.98. The molecule has 1 atom stereocenters. The summed E-state index contributed by atoms with van der Waals surface area (Å²) in [5.74, 6) is 0.856. The van der Waals surface area contributed by atoms with Crippen LogP contribution in [0.3, 0.4) is 0 Å². The molecule has 0 amide bonds. The van der Waals surface area contributed by atoms with Crippen LogP contribution < -0.4 is 4.90 Å². The van der Waals surface area contributed by atoms with E-state index < -0.39 is 0 Å². The van der Waals surface area contributed by atoms with Gasteiger partial charge in [-0.2, -0.15) is 0 Å². The lowest BCUT2D eigenvalue weighted by atomic mass is 10.1. The topological polar surface area (TPSA) is 38.2 Å². The van der Waals surface area contributed by atoms with E-state index in [1.165, 1.54) is 6.33 Å². The Morgan fingerprint density at radius 3 is 3.18 bits per heavy atom. The Morgan fingerprint density at radius 1 is 1.59 bits per heavy atom. The van der Waals surface area contributed by atoms with Gasteiger partial charge in [0.1, 0.15) is 17.3 Å². The molecule has 1 saturated heterocycles. The summed E-state index contributed by atoms with van der Waals surface area (Å²) in [6.45, 7) is 4.62. The predicted octanol–water partition coefficient (Wildman–Crippen LogP) is 2.90. The highest BCUT2D eigenvalue weighted by molar-refractivity contribution is 9.10. The minimum atomic E-state index is 0.286. The first-order valence-electron chi connectivity index (χ1n) is 5.75. The van der Waals surface area contributed by atoms with Crippen LogP contribution >= 0.6 is 27.5 Å². The molecule has 0 radical (unpaired) electrons. The fourth-order valence-electron chi connectivity index (χ4n) is 2.06. The fraction of sp³-hybridized carbons (Fsp3) is 0.636. The van der Waals surface area contributed by atoms with Crippen molar-refractivity contribution in [2.45, 2.75) is 25.9 Å². The molecule has 17 heavy (non-hydrogen) atoms. The monoisotopic (exact) mass is 319 g/mol. The van der Waals surface area contributed by atoms with E-state index in [0.717, 1.165) is 42.8 Å². The normalized spacial score (nSPS) is 20.6. The Balaban J connectivity index is 2.13. The summed E-state index contributed by atoms with van der Waals surface area (Å²) in [4.78, 5) is 10.4. The van der Waals surface area contributed by atoms with Crippen molar-refractivity contribution in [2.24, 2.45) is 0 Å². The zero-order chi connectivity index (χ0) is 12.3. The molecular weight excluding hydrogens is 305 g/mol. The molecule has 1 aliphatic rings. The van der Waals surface area contributed by atoms with Gasteiger partial charge in [0.15, 0.2) is 0 Å². The van der Waals surface area contributed by atoms with E-state index in [9.17, 15) is 0 Å². The third kappa shape index (κ3) is 3.09. The minimum absolute atomic E-state index is 0.286.